The van der Waals surface area contributed by atoms with Gasteiger partial charge in [0.1, 0.15) is 0 Å². The molecule has 0 aliphatic carbocycles. The van der Waals surface area contributed by atoms with Crippen molar-refractivity contribution in [3.05, 3.63) is 35.9 Å². The molecular formula is C13H15NO4. The Balaban J connectivity index is 2.22. The largest absolute Gasteiger partial charge is 0.467 e. The van der Waals surface area contributed by atoms with Gasteiger partial charge in [0, 0.05) is 12.1 Å². The lowest BCUT2D eigenvalue weighted by Gasteiger charge is -2.24. The number of aliphatic hydroxyl groups excluding tert-OH is 1. The van der Waals surface area contributed by atoms with Crippen molar-refractivity contribution < 1.29 is 19.4 Å². The quantitative estimate of drug-likeness (QED) is 0.772. The molecule has 0 spiro atoms. The summed E-state index contributed by atoms with van der Waals surface area (Å²) < 4.78 is 4.63. The van der Waals surface area contributed by atoms with Crippen LogP contribution >= 0.6 is 0 Å². The molecule has 1 aromatic rings. The van der Waals surface area contributed by atoms with Gasteiger partial charge in [-0.15, -0.1) is 0 Å². The first-order chi connectivity index (χ1) is 8.65. The number of esters is 1. The molecular weight excluding hydrogens is 234 g/mol. The number of amides is 1. The summed E-state index contributed by atoms with van der Waals surface area (Å²) in [5.74, 6) is -0.841. The van der Waals surface area contributed by atoms with Crippen molar-refractivity contribution in [1.29, 1.82) is 0 Å². The van der Waals surface area contributed by atoms with Crippen molar-refractivity contribution in [3.63, 3.8) is 0 Å². The Labute approximate surface area is 105 Å². The number of likely N-dealkylation sites (tertiary alicyclic amines) is 1. The van der Waals surface area contributed by atoms with Gasteiger partial charge in [0.15, 0.2) is 6.04 Å². The van der Waals surface area contributed by atoms with Crippen LogP contribution in [0.5, 0.6) is 0 Å². The predicted octanol–water partition coefficient (Wildman–Crippen LogP) is 0.435. The Kier molecular flexibility index (Phi) is 3.62. The highest BCUT2D eigenvalue weighted by Gasteiger charge is 2.41. The summed E-state index contributed by atoms with van der Waals surface area (Å²) in [6.07, 6.45) is -0.469. The first-order valence-electron chi connectivity index (χ1n) is 5.77. The Hall–Kier alpha value is -1.88. The van der Waals surface area contributed by atoms with Crippen LogP contribution in [0.25, 0.3) is 0 Å². The third-order valence-corrected chi connectivity index (χ3v) is 3.09. The Morgan fingerprint density at radius 1 is 1.33 bits per heavy atom. The third-order valence-electron chi connectivity index (χ3n) is 3.09. The van der Waals surface area contributed by atoms with Crippen LogP contribution in [-0.2, 0) is 9.53 Å². The second-order valence-corrected chi connectivity index (χ2v) is 4.19. The van der Waals surface area contributed by atoms with Gasteiger partial charge in [0.05, 0.1) is 13.2 Å². The van der Waals surface area contributed by atoms with Crippen LogP contribution in [-0.4, -0.2) is 47.7 Å². The lowest BCUT2D eigenvalue weighted by Crippen LogP contribution is -2.45. The van der Waals surface area contributed by atoms with Gasteiger partial charge in [-0.05, 0) is 18.6 Å². The standard InChI is InChI=1S/C13H15NO4/c1-18-13(17)11-10(15)7-8-14(11)12(16)9-5-3-2-4-6-9/h2-6,10-11,15H,7-8H2,1H3/t10?,11-/m0/s1. The van der Waals surface area contributed by atoms with E-state index >= 15 is 0 Å². The molecule has 1 amide bonds. The number of carbonyl (C=O) groups excluding carboxylic acids is 2. The molecule has 1 N–H and O–H groups in total. The SMILES string of the molecule is COC(=O)[C@@H]1C(O)CCN1C(=O)c1ccccc1. The number of carbonyl (C=O) groups is 2. The van der Waals surface area contributed by atoms with Crippen LogP contribution in [0, 0.1) is 0 Å². The van der Waals surface area contributed by atoms with Gasteiger partial charge in [-0.2, -0.15) is 0 Å². The van der Waals surface area contributed by atoms with E-state index in [1.165, 1.54) is 12.0 Å². The fraction of sp³-hybridized carbons (Fsp3) is 0.385. The molecule has 0 saturated carbocycles. The molecule has 5 nitrogen and oxygen atoms in total. The molecule has 2 atom stereocenters. The molecule has 1 unspecified atom stereocenters. The van der Waals surface area contributed by atoms with Crippen molar-refractivity contribution in [1.82, 2.24) is 4.90 Å². The van der Waals surface area contributed by atoms with Crippen LogP contribution < -0.4 is 0 Å². The highest BCUT2D eigenvalue weighted by molar-refractivity contribution is 5.97. The molecule has 1 aliphatic heterocycles. The molecule has 5 heteroatoms. The number of ether oxygens (including phenoxy) is 1. The summed E-state index contributed by atoms with van der Waals surface area (Å²) in [6.45, 7) is 0.356. The average molecular weight is 249 g/mol. The van der Waals surface area contributed by atoms with E-state index in [0.29, 0.717) is 18.5 Å². The number of methoxy groups -OCH3 is 1. The number of aliphatic hydroxyl groups is 1. The van der Waals surface area contributed by atoms with Gasteiger partial charge in [-0.3, -0.25) is 4.79 Å². The Bertz CT molecular complexity index is 446. The number of rotatable bonds is 2. The zero-order valence-electron chi connectivity index (χ0n) is 10.1. The molecule has 0 aromatic heterocycles. The number of benzene rings is 1. The lowest BCUT2D eigenvalue weighted by molar-refractivity contribution is -0.147. The van der Waals surface area contributed by atoms with Gasteiger partial charge in [-0.25, -0.2) is 4.79 Å². The summed E-state index contributed by atoms with van der Waals surface area (Å²) >= 11 is 0. The molecule has 96 valence electrons. The Morgan fingerprint density at radius 3 is 2.61 bits per heavy atom. The maximum Gasteiger partial charge on any atom is 0.331 e. The Morgan fingerprint density at radius 2 is 2.00 bits per heavy atom. The minimum absolute atomic E-state index is 0.262. The van der Waals surface area contributed by atoms with Crippen molar-refractivity contribution in [2.24, 2.45) is 0 Å². The second-order valence-electron chi connectivity index (χ2n) is 4.19. The van der Waals surface area contributed by atoms with E-state index in [-0.39, 0.29) is 5.91 Å². The van der Waals surface area contributed by atoms with E-state index in [4.69, 9.17) is 0 Å². The number of hydrogen-bond donors (Lipinski definition) is 1. The van der Waals surface area contributed by atoms with Crippen LogP contribution in [0.3, 0.4) is 0 Å². The van der Waals surface area contributed by atoms with Crippen LogP contribution in [0.2, 0.25) is 0 Å². The van der Waals surface area contributed by atoms with Gasteiger partial charge in [0.25, 0.3) is 5.91 Å². The maximum absolute atomic E-state index is 12.2. The van der Waals surface area contributed by atoms with Gasteiger partial charge < -0.3 is 14.7 Å². The van der Waals surface area contributed by atoms with E-state index in [0.717, 1.165) is 0 Å². The molecule has 1 heterocycles. The average Bonchev–Trinajstić information content (AvgIpc) is 2.80. The van der Waals surface area contributed by atoms with Crippen molar-refractivity contribution >= 4 is 11.9 Å². The monoisotopic (exact) mass is 249 g/mol. The summed E-state index contributed by atoms with van der Waals surface area (Å²) in [4.78, 5) is 25.2. The highest BCUT2D eigenvalue weighted by atomic mass is 16.5. The number of nitrogens with zero attached hydrogens (tertiary/aromatic N) is 1. The summed E-state index contributed by atoms with van der Waals surface area (Å²) in [7, 11) is 1.25. The minimum atomic E-state index is -0.900. The summed E-state index contributed by atoms with van der Waals surface area (Å²) in [5, 5.41) is 9.76. The molecule has 0 radical (unpaired) electrons. The molecule has 1 fully saturated rings. The normalized spacial score (nSPS) is 22.9. The van der Waals surface area contributed by atoms with Crippen molar-refractivity contribution in [2.75, 3.05) is 13.7 Å². The van der Waals surface area contributed by atoms with Crippen molar-refractivity contribution in [3.8, 4) is 0 Å². The molecule has 18 heavy (non-hydrogen) atoms. The second kappa shape index (κ2) is 5.18. The van der Waals surface area contributed by atoms with E-state index < -0.39 is 18.1 Å². The van der Waals surface area contributed by atoms with E-state index in [1.807, 2.05) is 6.07 Å². The van der Waals surface area contributed by atoms with E-state index in [9.17, 15) is 14.7 Å². The smallest absolute Gasteiger partial charge is 0.331 e. The zero-order chi connectivity index (χ0) is 13.1. The topological polar surface area (TPSA) is 66.8 Å². The predicted molar refractivity (Wildman–Crippen MR) is 63.9 cm³/mol. The molecule has 2 rings (SSSR count). The molecule has 1 saturated heterocycles. The molecule has 0 bridgehead atoms. The first kappa shape index (κ1) is 12.6. The third kappa shape index (κ3) is 2.22. The molecule has 1 aliphatic rings. The van der Waals surface area contributed by atoms with E-state index in [1.54, 1.807) is 24.3 Å². The van der Waals surface area contributed by atoms with Crippen molar-refractivity contribution in [2.45, 2.75) is 18.6 Å². The fourth-order valence-corrected chi connectivity index (χ4v) is 2.16. The summed E-state index contributed by atoms with van der Waals surface area (Å²) in [6, 6.07) is 7.79. The van der Waals surface area contributed by atoms with E-state index in [2.05, 4.69) is 4.74 Å². The fourth-order valence-electron chi connectivity index (χ4n) is 2.16. The first-order valence-corrected chi connectivity index (χ1v) is 5.77. The van der Waals surface area contributed by atoms with Crippen LogP contribution in [0.4, 0.5) is 0 Å². The summed E-state index contributed by atoms with van der Waals surface area (Å²) in [5.41, 5.74) is 0.500. The molecule has 1 aromatic carbocycles. The minimum Gasteiger partial charge on any atom is -0.467 e. The highest BCUT2D eigenvalue weighted by Crippen LogP contribution is 2.21. The van der Waals surface area contributed by atoms with Gasteiger partial charge in [0.2, 0.25) is 0 Å². The number of hydrogen-bond acceptors (Lipinski definition) is 4. The maximum atomic E-state index is 12.2. The zero-order valence-corrected chi connectivity index (χ0v) is 10.1. The van der Waals surface area contributed by atoms with Gasteiger partial charge >= 0.3 is 5.97 Å². The van der Waals surface area contributed by atoms with Gasteiger partial charge in [-0.1, -0.05) is 18.2 Å². The van der Waals surface area contributed by atoms with Crippen LogP contribution in [0.15, 0.2) is 30.3 Å². The van der Waals surface area contributed by atoms with Crippen LogP contribution in [0.1, 0.15) is 16.8 Å². The lowest BCUT2D eigenvalue weighted by atomic mass is 10.1.